The zero-order chi connectivity index (χ0) is 25.5. The molecule has 8 nitrogen and oxygen atoms in total. The van der Waals surface area contributed by atoms with E-state index >= 15 is 0 Å². The van der Waals surface area contributed by atoms with Gasteiger partial charge < -0.3 is 14.8 Å². The van der Waals surface area contributed by atoms with Crippen LogP contribution in [0.4, 0.5) is 11.4 Å². The molecule has 35 heavy (non-hydrogen) atoms. The summed E-state index contributed by atoms with van der Waals surface area (Å²) in [7, 11) is 1.42. The largest absolute Gasteiger partial charge is 0.493 e. The first kappa shape index (κ1) is 25.6. The topological polar surface area (TPSA) is 114 Å². The van der Waals surface area contributed by atoms with Gasteiger partial charge in [-0.15, -0.1) is 0 Å². The lowest BCUT2D eigenvalue weighted by Gasteiger charge is -2.14. The number of nitrogens with zero attached hydrogens (tertiary/aromatic N) is 2. The zero-order valence-electron chi connectivity index (χ0n) is 18.7. The van der Waals surface area contributed by atoms with Gasteiger partial charge in [0.15, 0.2) is 11.5 Å². The number of aryl methyl sites for hydroxylation is 1. The number of hydrogen-bond donors (Lipinski definition) is 1. The molecule has 10 heteroatoms. The third-order valence-corrected chi connectivity index (χ3v) is 5.40. The van der Waals surface area contributed by atoms with Crippen LogP contribution in [0.25, 0.3) is 6.08 Å². The molecule has 0 spiro atoms. The Kier molecular flexibility index (Phi) is 8.31. The highest BCUT2D eigenvalue weighted by atomic mass is 35.5. The Morgan fingerprint density at radius 1 is 1.20 bits per heavy atom. The normalized spacial score (nSPS) is 10.9. The average Bonchev–Trinajstić information content (AvgIpc) is 2.83. The first-order valence-electron chi connectivity index (χ1n) is 10.1. The highest BCUT2D eigenvalue weighted by molar-refractivity contribution is 6.32. The van der Waals surface area contributed by atoms with E-state index in [9.17, 15) is 20.2 Å². The fourth-order valence-electron chi connectivity index (χ4n) is 3.11. The molecular formula is C25H19Cl2N3O5. The number of non-ortho nitro benzene ring substituents is 1. The van der Waals surface area contributed by atoms with Crippen LogP contribution in [0.1, 0.15) is 16.7 Å². The number of ether oxygens (including phenoxy) is 2. The van der Waals surface area contributed by atoms with Crippen molar-refractivity contribution in [1.29, 1.82) is 5.26 Å². The predicted octanol–water partition coefficient (Wildman–Crippen LogP) is 6.34. The lowest BCUT2D eigenvalue weighted by molar-refractivity contribution is -0.384. The summed E-state index contributed by atoms with van der Waals surface area (Å²) in [6.07, 6.45) is 1.37. The van der Waals surface area contributed by atoms with E-state index in [2.05, 4.69) is 5.32 Å². The number of nitriles is 1. The fourth-order valence-corrected chi connectivity index (χ4v) is 3.56. The van der Waals surface area contributed by atoms with Gasteiger partial charge >= 0.3 is 0 Å². The number of amides is 1. The predicted molar refractivity (Wildman–Crippen MR) is 134 cm³/mol. The maximum absolute atomic E-state index is 12.7. The molecule has 0 radical (unpaired) electrons. The molecule has 3 rings (SSSR count). The number of carbonyl (C=O) groups is 1. The Balaban J connectivity index is 1.83. The fraction of sp³-hybridized carbons (Fsp3) is 0.120. The van der Waals surface area contributed by atoms with Gasteiger partial charge in [-0.25, -0.2) is 0 Å². The summed E-state index contributed by atoms with van der Waals surface area (Å²) in [5, 5.41) is 23.8. The molecule has 0 aliphatic heterocycles. The number of hydrogen-bond acceptors (Lipinski definition) is 6. The molecule has 1 N–H and O–H groups in total. The Bertz CT molecular complexity index is 1370. The van der Waals surface area contributed by atoms with E-state index in [1.165, 1.54) is 31.4 Å². The maximum Gasteiger partial charge on any atom is 0.269 e. The number of methoxy groups -OCH3 is 1. The molecule has 1 amide bonds. The van der Waals surface area contributed by atoms with Crippen LogP contribution in [0.15, 0.2) is 60.2 Å². The summed E-state index contributed by atoms with van der Waals surface area (Å²) in [6, 6.07) is 16.0. The standard InChI is InChI=1S/C25H19Cl2N3O5/c1-15-6-7-19(26)12-22(15)29-25(31)18(13-28)8-17-10-21(27)24(23(11-17)34-2)35-14-16-4-3-5-20(9-16)30(32)33/h3-12H,14H2,1-2H3,(H,29,31)/b18-8+. The van der Waals surface area contributed by atoms with Gasteiger partial charge in [0.05, 0.1) is 17.1 Å². The lowest BCUT2D eigenvalue weighted by atomic mass is 10.1. The van der Waals surface area contributed by atoms with E-state index in [0.717, 1.165) is 5.56 Å². The van der Waals surface area contributed by atoms with Crippen LogP contribution < -0.4 is 14.8 Å². The number of carbonyl (C=O) groups excluding carboxylic acids is 1. The van der Waals surface area contributed by atoms with Crippen molar-refractivity contribution in [2.24, 2.45) is 0 Å². The summed E-state index contributed by atoms with van der Waals surface area (Å²) in [6.45, 7) is 1.82. The molecule has 0 aromatic heterocycles. The van der Waals surface area contributed by atoms with Crippen molar-refractivity contribution in [2.45, 2.75) is 13.5 Å². The lowest BCUT2D eigenvalue weighted by Crippen LogP contribution is -2.14. The van der Waals surface area contributed by atoms with Crippen molar-refractivity contribution in [3.8, 4) is 17.6 Å². The first-order valence-corrected chi connectivity index (χ1v) is 10.9. The number of nitro benzene ring substituents is 1. The highest BCUT2D eigenvalue weighted by Crippen LogP contribution is 2.37. The second-order valence-electron chi connectivity index (χ2n) is 7.33. The van der Waals surface area contributed by atoms with Gasteiger partial charge in [0, 0.05) is 22.8 Å². The van der Waals surface area contributed by atoms with E-state index in [1.54, 1.807) is 43.3 Å². The van der Waals surface area contributed by atoms with Crippen molar-refractivity contribution in [3.63, 3.8) is 0 Å². The Hall–Kier alpha value is -4.06. The van der Waals surface area contributed by atoms with Gasteiger partial charge in [0.25, 0.3) is 11.6 Å². The monoisotopic (exact) mass is 511 g/mol. The molecule has 0 fully saturated rings. The number of nitro groups is 1. The van der Waals surface area contributed by atoms with Gasteiger partial charge in [0.1, 0.15) is 18.2 Å². The number of benzene rings is 3. The Morgan fingerprint density at radius 2 is 1.97 bits per heavy atom. The second kappa shape index (κ2) is 11.4. The van der Waals surface area contributed by atoms with E-state index in [0.29, 0.717) is 21.8 Å². The molecule has 0 bridgehead atoms. The van der Waals surface area contributed by atoms with Crippen LogP contribution in [-0.4, -0.2) is 17.9 Å². The number of nitrogens with one attached hydrogen (secondary N) is 1. The van der Waals surface area contributed by atoms with Crippen LogP contribution in [0.5, 0.6) is 11.5 Å². The van der Waals surface area contributed by atoms with Crippen LogP contribution in [0, 0.1) is 28.4 Å². The third-order valence-electron chi connectivity index (χ3n) is 4.88. The van der Waals surface area contributed by atoms with E-state index in [1.807, 2.05) is 6.07 Å². The van der Waals surface area contributed by atoms with Gasteiger partial charge in [-0.05, 0) is 54.0 Å². The molecule has 3 aromatic carbocycles. The highest BCUT2D eigenvalue weighted by Gasteiger charge is 2.16. The van der Waals surface area contributed by atoms with Gasteiger partial charge in [-0.1, -0.05) is 41.4 Å². The molecular weight excluding hydrogens is 493 g/mol. The number of rotatable bonds is 8. The molecule has 0 unspecified atom stereocenters. The van der Waals surface area contributed by atoms with Gasteiger partial charge in [-0.3, -0.25) is 14.9 Å². The molecule has 0 atom stereocenters. The van der Waals surface area contributed by atoms with Crippen molar-refractivity contribution in [3.05, 3.63) is 97.0 Å². The molecule has 0 saturated heterocycles. The molecule has 0 heterocycles. The average molecular weight is 512 g/mol. The molecule has 0 aliphatic carbocycles. The van der Waals surface area contributed by atoms with E-state index in [4.69, 9.17) is 32.7 Å². The summed E-state index contributed by atoms with van der Waals surface area (Å²) in [4.78, 5) is 23.2. The molecule has 178 valence electrons. The number of anilines is 1. The van der Waals surface area contributed by atoms with Crippen molar-refractivity contribution in [2.75, 3.05) is 12.4 Å². The zero-order valence-corrected chi connectivity index (χ0v) is 20.2. The first-order chi connectivity index (χ1) is 16.7. The SMILES string of the molecule is COc1cc(/C=C(\C#N)C(=O)Nc2cc(Cl)ccc2C)cc(Cl)c1OCc1cccc([N+](=O)[O-])c1. The minimum Gasteiger partial charge on any atom is -0.493 e. The van der Waals surface area contributed by atoms with E-state index < -0.39 is 10.8 Å². The quantitative estimate of drug-likeness (QED) is 0.163. The Labute approximate surface area is 211 Å². The minimum atomic E-state index is -0.612. The van der Waals surface area contributed by atoms with Crippen molar-refractivity contribution >= 4 is 46.6 Å². The van der Waals surface area contributed by atoms with Gasteiger partial charge in [0.2, 0.25) is 0 Å². The molecule has 0 aliphatic rings. The minimum absolute atomic E-state index is 0.0117. The van der Waals surface area contributed by atoms with Gasteiger partial charge in [-0.2, -0.15) is 5.26 Å². The summed E-state index contributed by atoms with van der Waals surface area (Å²) in [5.41, 5.74) is 2.07. The van der Waals surface area contributed by atoms with Crippen molar-refractivity contribution in [1.82, 2.24) is 0 Å². The summed E-state index contributed by atoms with van der Waals surface area (Å²) >= 11 is 12.4. The number of halogens is 2. The Morgan fingerprint density at radius 3 is 2.66 bits per heavy atom. The molecule has 3 aromatic rings. The van der Waals surface area contributed by atoms with Crippen LogP contribution in [0.2, 0.25) is 10.0 Å². The van der Waals surface area contributed by atoms with Crippen LogP contribution in [0.3, 0.4) is 0 Å². The van der Waals surface area contributed by atoms with Crippen LogP contribution in [-0.2, 0) is 11.4 Å². The van der Waals surface area contributed by atoms with Crippen molar-refractivity contribution < 1.29 is 19.2 Å². The second-order valence-corrected chi connectivity index (χ2v) is 8.18. The summed E-state index contributed by atoms with van der Waals surface area (Å²) in [5.74, 6) is -0.133. The van der Waals surface area contributed by atoms with E-state index in [-0.39, 0.29) is 34.4 Å². The smallest absolute Gasteiger partial charge is 0.269 e. The maximum atomic E-state index is 12.7. The van der Waals surface area contributed by atoms with Crippen LogP contribution >= 0.6 is 23.2 Å². The molecule has 0 saturated carbocycles. The third kappa shape index (κ3) is 6.51. The summed E-state index contributed by atoms with van der Waals surface area (Å²) < 4.78 is 11.1.